The largest absolute Gasteiger partial charge is 0.507 e. The SMILES string of the molecule is NC(CCC(=O)OCc1cc(=O)oc2cc(O)c(Br)cc12)CC(=O)O. The van der Waals surface area contributed by atoms with Crippen LogP contribution in [0.25, 0.3) is 11.0 Å². The summed E-state index contributed by atoms with van der Waals surface area (Å²) >= 11 is 3.17. The summed E-state index contributed by atoms with van der Waals surface area (Å²) in [7, 11) is 0. The molecular formula is C16H16BrNO7. The molecule has 0 aliphatic heterocycles. The zero-order chi connectivity index (χ0) is 18.6. The fraction of sp³-hybridized carbons (Fsp3) is 0.312. The smallest absolute Gasteiger partial charge is 0.336 e. The van der Waals surface area contributed by atoms with Crippen LogP contribution in [-0.4, -0.2) is 28.2 Å². The van der Waals surface area contributed by atoms with Crippen molar-refractivity contribution < 1.29 is 29.0 Å². The van der Waals surface area contributed by atoms with E-state index in [1.54, 1.807) is 6.07 Å². The molecule has 1 atom stereocenters. The average Bonchev–Trinajstić information content (AvgIpc) is 2.51. The Labute approximate surface area is 150 Å². The molecule has 134 valence electrons. The van der Waals surface area contributed by atoms with E-state index in [0.717, 1.165) is 0 Å². The van der Waals surface area contributed by atoms with Gasteiger partial charge in [0.2, 0.25) is 0 Å². The Kier molecular flexibility index (Phi) is 6.16. The number of fused-ring (bicyclic) bond motifs is 1. The second kappa shape index (κ2) is 8.13. The number of nitrogens with two attached hydrogens (primary N) is 1. The van der Waals surface area contributed by atoms with Crippen molar-refractivity contribution in [2.45, 2.75) is 31.9 Å². The van der Waals surface area contributed by atoms with Crippen molar-refractivity contribution in [2.24, 2.45) is 5.73 Å². The number of carboxylic acids is 1. The predicted octanol–water partition coefficient (Wildman–Crippen LogP) is 1.89. The third-order valence-electron chi connectivity index (χ3n) is 3.44. The van der Waals surface area contributed by atoms with E-state index in [0.29, 0.717) is 15.4 Å². The molecule has 4 N–H and O–H groups in total. The fourth-order valence-corrected chi connectivity index (χ4v) is 2.56. The third-order valence-corrected chi connectivity index (χ3v) is 4.08. The first-order valence-electron chi connectivity index (χ1n) is 7.34. The molecule has 25 heavy (non-hydrogen) atoms. The summed E-state index contributed by atoms with van der Waals surface area (Å²) in [5.41, 5.74) is 5.54. The van der Waals surface area contributed by atoms with Crippen LogP contribution in [0, 0.1) is 0 Å². The third kappa shape index (κ3) is 5.30. The maximum Gasteiger partial charge on any atom is 0.336 e. The number of aliphatic carboxylic acids is 1. The maximum atomic E-state index is 11.8. The van der Waals surface area contributed by atoms with Crippen LogP contribution in [0.15, 0.2) is 31.9 Å². The van der Waals surface area contributed by atoms with Gasteiger partial charge in [0, 0.05) is 35.5 Å². The maximum absolute atomic E-state index is 11.8. The molecule has 1 unspecified atom stereocenters. The number of carbonyl (C=O) groups is 2. The van der Waals surface area contributed by atoms with E-state index >= 15 is 0 Å². The number of carbonyl (C=O) groups excluding carboxylic acids is 1. The van der Waals surface area contributed by atoms with Gasteiger partial charge in [-0.1, -0.05) is 0 Å². The van der Waals surface area contributed by atoms with E-state index < -0.39 is 23.6 Å². The number of hydrogen-bond acceptors (Lipinski definition) is 7. The first-order valence-corrected chi connectivity index (χ1v) is 8.14. The van der Waals surface area contributed by atoms with Crippen LogP contribution in [-0.2, 0) is 20.9 Å². The van der Waals surface area contributed by atoms with Gasteiger partial charge >= 0.3 is 17.6 Å². The Balaban J connectivity index is 2.05. The second-order valence-corrected chi connectivity index (χ2v) is 6.30. The van der Waals surface area contributed by atoms with Gasteiger partial charge < -0.3 is 25.1 Å². The minimum atomic E-state index is -1.03. The molecule has 2 rings (SSSR count). The number of aromatic hydroxyl groups is 1. The summed E-state index contributed by atoms with van der Waals surface area (Å²) in [6, 6.07) is 3.42. The fourth-order valence-electron chi connectivity index (χ4n) is 2.22. The monoisotopic (exact) mass is 413 g/mol. The lowest BCUT2D eigenvalue weighted by molar-refractivity contribution is -0.145. The lowest BCUT2D eigenvalue weighted by Gasteiger charge is -2.10. The van der Waals surface area contributed by atoms with E-state index in [9.17, 15) is 19.5 Å². The van der Waals surface area contributed by atoms with Gasteiger partial charge in [-0.05, 0) is 28.4 Å². The minimum Gasteiger partial charge on any atom is -0.507 e. The summed E-state index contributed by atoms with van der Waals surface area (Å²) in [5.74, 6) is -1.67. The zero-order valence-electron chi connectivity index (χ0n) is 13.0. The molecule has 0 aliphatic carbocycles. The van der Waals surface area contributed by atoms with E-state index in [-0.39, 0.29) is 37.2 Å². The van der Waals surface area contributed by atoms with Crippen molar-refractivity contribution in [2.75, 3.05) is 0 Å². The number of benzene rings is 1. The van der Waals surface area contributed by atoms with Crippen molar-refractivity contribution in [3.05, 3.63) is 38.7 Å². The summed E-state index contributed by atoms with van der Waals surface area (Å²) in [5, 5.41) is 18.8. The van der Waals surface area contributed by atoms with Gasteiger partial charge in [0.25, 0.3) is 0 Å². The van der Waals surface area contributed by atoms with Crippen LogP contribution in [0.4, 0.5) is 0 Å². The van der Waals surface area contributed by atoms with Gasteiger partial charge in [-0.3, -0.25) is 9.59 Å². The molecule has 0 spiro atoms. The van der Waals surface area contributed by atoms with Crippen LogP contribution in [0.3, 0.4) is 0 Å². The predicted molar refractivity (Wildman–Crippen MR) is 91.1 cm³/mol. The number of ether oxygens (including phenoxy) is 1. The van der Waals surface area contributed by atoms with E-state index in [1.165, 1.54) is 12.1 Å². The molecule has 1 aromatic heterocycles. The van der Waals surface area contributed by atoms with Crippen LogP contribution >= 0.6 is 15.9 Å². The lowest BCUT2D eigenvalue weighted by atomic mass is 10.1. The quantitative estimate of drug-likeness (QED) is 0.461. The Morgan fingerprint density at radius 3 is 2.72 bits per heavy atom. The summed E-state index contributed by atoms with van der Waals surface area (Å²) < 4.78 is 10.5. The molecule has 0 bridgehead atoms. The van der Waals surface area contributed by atoms with Crippen LogP contribution < -0.4 is 11.4 Å². The summed E-state index contributed by atoms with van der Waals surface area (Å²) in [6.45, 7) is -0.160. The number of rotatable bonds is 7. The summed E-state index contributed by atoms with van der Waals surface area (Å²) in [6.07, 6.45) is -0.0737. The molecule has 0 amide bonds. The second-order valence-electron chi connectivity index (χ2n) is 5.45. The van der Waals surface area contributed by atoms with E-state index in [1.807, 2.05) is 0 Å². The molecule has 2 aromatic rings. The molecule has 1 aromatic carbocycles. The van der Waals surface area contributed by atoms with Gasteiger partial charge in [0.15, 0.2) is 0 Å². The molecule has 0 saturated heterocycles. The molecule has 1 heterocycles. The van der Waals surface area contributed by atoms with Crippen molar-refractivity contribution in [1.82, 2.24) is 0 Å². The topological polar surface area (TPSA) is 140 Å². The van der Waals surface area contributed by atoms with Gasteiger partial charge in [-0.15, -0.1) is 0 Å². The Hall–Kier alpha value is -2.39. The van der Waals surface area contributed by atoms with Crippen LogP contribution in [0.5, 0.6) is 5.75 Å². The molecule has 8 nitrogen and oxygen atoms in total. The van der Waals surface area contributed by atoms with Crippen LogP contribution in [0.1, 0.15) is 24.8 Å². The Morgan fingerprint density at radius 1 is 1.32 bits per heavy atom. The van der Waals surface area contributed by atoms with E-state index in [2.05, 4.69) is 15.9 Å². The van der Waals surface area contributed by atoms with E-state index in [4.69, 9.17) is 20.0 Å². The highest BCUT2D eigenvalue weighted by Crippen LogP contribution is 2.30. The lowest BCUT2D eigenvalue weighted by Crippen LogP contribution is -2.24. The Morgan fingerprint density at radius 2 is 2.04 bits per heavy atom. The van der Waals surface area contributed by atoms with Crippen molar-refractivity contribution in [1.29, 1.82) is 0 Å². The van der Waals surface area contributed by atoms with Crippen molar-refractivity contribution >= 4 is 38.8 Å². The highest BCUT2D eigenvalue weighted by atomic mass is 79.9. The standard InChI is InChI=1S/C16H16BrNO7/c17-11-5-10-8(3-16(23)25-13(10)6-12(11)19)7-24-15(22)2-1-9(18)4-14(20)21/h3,5-6,9,19H,1-2,4,7,18H2,(H,20,21). The molecule has 0 aliphatic rings. The number of phenols is 1. The van der Waals surface area contributed by atoms with Gasteiger partial charge in [0.05, 0.1) is 10.9 Å². The normalized spacial score (nSPS) is 12.1. The molecule has 0 fully saturated rings. The molecule has 9 heteroatoms. The molecule has 0 saturated carbocycles. The highest BCUT2D eigenvalue weighted by molar-refractivity contribution is 9.10. The van der Waals surface area contributed by atoms with Gasteiger partial charge in [-0.25, -0.2) is 4.79 Å². The van der Waals surface area contributed by atoms with Crippen molar-refractivity contribution in [3.8, 4) is 5.75 Å². The summed E-state index contributed by atoms with van der Waals surface area (Å²) in [4.78, 5) is 33.9. The zero-order valence-corrected chi connectivity index (χ0v) is 14.6. The minimum absolute atomic E-state index is 0.0295. The first-order chi connectivity index (χ1) is 11.8. The highest BCUT2D eigenvalue weighted by Gasteiger charge is 2.14. The number of halogens is 1. The van der Waals surface area contributed by atoms with Crippen molar-refractivity contribution in [3.63, 3.8) is 0 Å². The van der Waals surface area contributed by atoms with Crippen LogP contribution in [0.2, 0.25) is 0 Å². The molecular weight excluding hydrogens is 398 g/mol. The average molecular weight is 414 g/mol. The Bertz CT molecular complexity index is 861. The van der Waals surface area contributed by atoms with Gasteiger partial charge in [0.1, 0.15) is 17.9 Å². The first kappa shape index (κ1) is 18.9. The number of hydrogen-bond donors (Lipinski definition) is 3. The molecule has 0 radical (unpaired) electrons. The number of phenolic OH excluding ortho intramolecular Hbond substituents is 1. The number of carboxylic acid groups (broad SMARTS) is 1. The number of esters is 1. The van der Waals surface area contributed by atoms with Gasteiger partial charge in [-0.2, -0.15) is 0 Å².